The summed E-state index contributed by atoms with van der Waals surface area (Å²) in [5.41, 5.74) is 8.02. The molecule has 1 aromatic carbocycles. The van der Waals surface area contributed by atoms with Gasteiger partial charge >= 0.3 is 0 Å². The Kier molecular flexibility index (Phi) is 6.45. The lowest BCUT2D eigenvalue weighted by Gasteiger charge is -2.45. The molecule has 1 aliphatic heterocycles. The fourth-order valence-corrected chi connectivity index (χ4v) is 5.08. The summed E-state index contributed by atoms with van der Waals surface area (Å²) < 4.78 is 3.53. The van der Waals surface area contributed by atoms with E-state index in [0.29, 0.717) is 23.9 Å². The molecule has 0 saturated heterocycles. The van der Waals surface area contributed by atoms with Gasteiger partial charge in [-0.05, 0) is 31.5 Å². The van der Waals surface area contributed by atoms with E-state index in [1.807, 2.05) is 55.1 Å². The minimum Gasteiger partial charge on any atom is -0.396 e. The van der Waals surface area contributed by atoms with Crippen molar-refractivity contribution in [3.8, 4) is 11.3 Å². The van der Waals surface area contributed by atoms with Gasteiger partial charge in [0.05, 0.1) is 18.5 Å². The Balaban J connectivity index is 1.47. The van der Waals surface area contributed by atoms with Crippen LogP contribution in [0.3, 0.4) is 0 Å². The number of anilines is 2. The molecule has 11 heteroatoms. The number of hydrogen-bond acceptors (Lipinski definition) is 7. The Morgan fingerprint density at radius 3 is 2.71 bits per heavy atom. The molecule has 38 heavy (non-hydrogen) atoms. The number of aryl methyl sites for hydroxylation is 2. The average Bonchev–Trinajstić information content (AvgIpc) is 3.51. The largest absolute Gasteiger partial charge is 0.396 e. The number of aliphatic hydroxyl groups is 1. The number of carbonyl (C=O) groups excluding carboxylic acids is 2. The maximum absolute atomic E-state index is 13.8. The van der Waals surface area contributed by atoms with Crippen LogP contribution in [0.1, 0.15) is 34.5 Å². The van der Waals surface area contributed by atoms with Crippen molar-refractivity contribution in [2.45, 2.75) is 31.8 Å². The quantitative estimate of drug-likeness (QED) is 0.327. The van der Waals surface area contributed by atoms with E-state index in [1.54, 1.807) is 36.1 Å². The van der Waals surface area contributed by atoms with Crippen molar-refractivity contribution in [3.05, 3.63) is 77.9 Å². The minimum absolute atomic E-state index is 0.263. The number of primary amides is 1. The lowest BCUT2D eigenvalue weighted by atomic mass is 9.78. The number of aliphatic hydroxyl groups excluding tert-OH is 1. The molecule has 0 fully saturated rings. The standard InChI is InChI=1S/C27H30N8O3/c1-17-5-4-6-18(13-17)20(16-36)27(2,25(28)38)35-12-11-34-15-19(14-22(34)24(35)37)21-7-9-29-26(31-21)32-23-8-10-30-33(23)3/h4-10,13-15,20,36H,11-12,16H2,1-3H3,(H2,28,38)(H,29,31,32)/t20-,27?/m0/s1. The van der Waals surface area contributed by atoms with Gasteiger partial charge in [-0.3, -0.25) is 14.3 Å². The molecule has 3 aromatic heterocycles. The molecule has 0 saturated carbocycles. The van der Waals surface area contributed by atoms with Gasteiger partial charge in [-0.2, -0.15) is 5.10 Å². The van der Waals surface area contributed by atoms with E-state index in [-0.39, 0.29) is 19.1 Å². The molecule has 1 unspecified atom stereocenters. The Hall–Kier alpha value is -4.51. The minimum atomic E-state index is -1.44. The number of nitrogens with zero attached hydrogens (tertiary/aromatic N) is 6. The van der Waals surface area contributed by atoms with Crippen molar-refractivity contribution in [1.82, 2.24) is 29.2 Å². The second-order valence-corrected chi connectivity index (χ2v) is 9.66. The van der Waals surface area contributed by atoms with Gasteiger partial charge in [-0.1, -0.05) is 29.8 Å². The molecule has 11 nitrogen and oxygen atoms in total. The molecule has 4 heterocycles. The molecule has 4 N–H and O–H groups in total. The highest BCUT2D eigenvalue weighted by Crippen LogP contribution is 2.37. The van der Waals surface area contributed by atoms with Crippen LogP contribution in [0.15, 0.2) is 61.1 Å². The number of aromatic nitrogens is 5. The molecule has 5 rings (SSSR count). The van der Waals surface area contributed by atoms with E-state index in [9.17, 15) is 14.7 Å². The summed E-state index contributed by atoms with van der Waals surface area (Å²) in [6, 6.07) is 12.9. The van der Waals surface area contributed by atoms with Crippen LogP contribution < -0.4 is 11.1 Å². The monoisotopic (exact) mass is 514 g/mol. The SMILES string of the molecule is Cc1cccc([C@H](CO)C(C)(C(N)=O)N2CCn3cc(-c4ccnc(Nc5ccnn5C)n4)cc3C2=O)c1. The maximum atomic E-state index is 13.8. The van der Waals surface area contributed by atoms with Crippen molar-refractivity contribution in [2.24, 2.45) is 12.8 Å². The van der Waals surface area contributed by atoms with E-state index >= 15 is 0 Å². The third-order valence-corrected chi connectivity index (χ3v) is 7.30. The number of nitrogens with one attached hydrogen (secondary N) is 1. The van der Waals surface area contributed by atoms with Gasteiger partial charge in [0.2, 0.25) is 11.9 Å². The maximum Gasteiger partial charge on any atom is 0.271 e. The molecule has 0 radical (unpaired) electrons. The summed E-state index contributed by atoms with van der Waals surface area (Å²) in [5.74, 6) is -0.562. The normalized spacial score (nSPS) is 15.6. The summed E-state index contributed by atoms with van der Waals surface area (Å²) in [7, 11) is 1.81. The van der Waals surface area contributed by atoms with Gasteiger partial charge in [0.25, 0.3) is 5.91 Å². The first-order valence-corrected chi connectivity index (χ1v) is 12.3. The van der Waals surface area contributed by atoms with Crippen molar-refractivity contribution < 1.29 is 14.7 Å². The predicted octanol–water partition coefficient (Wildman–Crippen LogP) is 2.21. The molecule has 2 atom stereocenters. The molecule has 0 bridgehead atoms. The highest BCUT2D eigenvalue weighted by molar-refractivity contribution is 5.99. The van der Waals surface area contributed by atoms with Crippen molar-refractivity contribution in [3.63, 3.8) is 0 Å². The van der Waals surface area contributed by atoms with Crippen LogP contribution in [0.5, 0.6) is 0 Å². The molecule has 0 spiro atoms. The van der Waals surface area contributed by atoms with Gasteiger partial charge < -0.3 is 25.6 Å². The van der Waals surface area contributed by atoms with Crippen molar-refractivity contribution >= 4 is 23.6 Å². The van der Waals surface area contributed by atoms with Crippen LogP contribution in [-0.4, -0.2) is 64.8 Å². The summed E-state index contributed by atoms with van der Waals surface area (Å²) in [5, 5.41) is 17.6. The van der Waals surface area contributed by atoms with E-state index in [2.05, 4.69) is 20.4 Å². The summed E-state index contributed by atoms with van der Waals surface area (Å²) in [6.45, 7) is 3.95. The smallest absolute Gasteiger partial charge is 0.271 e. The first-order valence-electron chi connectivity index (χ1n) is 12.3. The number of rotatable bonds is 8. The van der Waals surface area contributed by atoms with Crippen molar-refractivity contribution in [1.29, 1.82) is 0 Å². The summed E-state index contributed by atoms with van der Waals surface area (Å²) >= 11 is 0. The first kappa shape index (κ1) is 25.2. The Morgan fingerprint density at radius 2 is 2.03 bits per heavy atom. The molecular formula is C27H30N8O3. The fourth-order valence-electron chi connectivity index (χ4n) is 5.08. The van der Waals surface area contributed by atoms with Crippen LogP contribution in [-0.2, 0) is 18.4 Å². The van der Waals surface area contributed by atoms with E-state index in [1.165, 1.54) is 4.90 Å². The van der Waals surface area contributed by atoms with E-state index < -0.39 is 17.4 Å². The van der Waals surface area contributed by atoms with Crippen LogP contribution in [0, 0.1) is 6.92 Å². The Morgan fingerprint density at radius 1 is 1.21 bits per heavy atom. The third-order valence-electron chi connectivity index (χ3n) is 7.30. The number of nitrogens with two attached hydrogens (primary N) is 1. The molecule has 2 amide bonds. The highest BCUT2D eigenvalue weighted by Gasteiger charge is 2.49. The topological polar surface area (TPSA) is 144 Å². The molecule has 196 valence electrons. The molecular weight excluding hydrogens is 484 g/mol. The second kappa shape index (κ2) is 9.75. The molecule has 4 aromatic rings. The zero-order valence-electron chi connectivity index (χ0n) is 21.5. The van der Waals surface area contributed by atoms with Gasteiger partial charge in [0.1, 0.15) is 17.1 Å². The lowest BCUT2D eigenvalue weighted by molar-refractivity contribution is -0.130. The number of hydrogen-bond donors (Lipinski definition) is 3. The van der Waals surface area contributed by atoms with E-state index in [4.69, 9.17) is 5.73 Å². The number of amides is 2. The first-order chi connectivity index (χ1) is 18.2. The van der Waals surface area contributed by atoms with Crippen molar-refractivity contribution in [2.75, 3.05) is 18.5 Å². The van der Waals surface area contributed by atoms with Crippen LogP contribution in [0.2, 0.25) is 0 Å². The third kappa shape index (κ3) is 4.30. The lowest BCUT2D eigenvalue weighted by Crippen LogP contribution is -2.63. The van der Waals surface area contributed by atoms with Gasteiger partial charge in [-0.15, -0.1) is 0 Å². The highest BCUT2D eigenvalue weighted by atomic mass is 16.3. The number of fused-ring (bicyclic) bond motifs is 1. The Bertz CT molecular complexity index is 1510. The Labute approximate surface area is 219 Å². The second-order valence-electron chi connectivity index (χ2n) is 9.66. The summed E-state index contributed by atoms with van der Waals surface area (Å²) in [6.07, 6.45) is 5.18. The van der Waals surface area contributed by atoms with Crippen LogP contribution in [0.4, 0.5) is 11.8 Å². The van der Waals surface area contributed by atoms with Crippen LogP contribution >= 0.6 is 0 Å². The average molecular weight is 515 g/mol. The van der Waals surface area contributed by atoms with Gasteiger partial charge in [-0.25, -0.2) is 9.97 Å². The zero-order chi connectivity index (χ0) is 27.0. The zero-order valence-corrected chi connectivity index (χ0v) is 21.5. The summed E-state index contributed by atoms with van der Waals surface area (Å²) in [4.78, 5) is 37.1. The van der Waals surface area contributed by atoms with Gasteiger partial charge in [0, 0.05) is 50.1 Å². The number of carbonyl (C=O) groups is 2. The fraction of sp³-hybridized carbons (Fsp3) is 0.296. The molecule has 1 aliphatic rings. The van der Waals surface area contributed by atoms with Crippen LogP contribution in [0.25, 0.3) is 11.3 Å². The van der Waals surface area contributed by atoms with E-state index in [0.717, 1.165) is 22.5 Å². The van der Waals surface area contributed by atoms with Gasteiger partial charge in [0.15, 0.2) is 0 Å². The predicted molar refractivity (Wildman–Crippen MR) is 142 cm³/mol. The number of benzene rings is 1. The molecule has 0 aliphatic carbocycles.